The van der Waals surface area contributed by atoms with Crippen LogP contribution in [0.4, 0.5) is 0 Å². The van der Waals surface area contributed by atoms with Crippen LogP contribution in [-0.4, -0.2) is 19.6 Å². The molecule has 0 bridgehead atoms. The molecule has 0 saturated heterocycles. The second kappa shape index (κ2) is 5.97. The van der Waals surface area contributed by atoms with E-state index in [0.717, 1.165) is 35.7 Å². The maximum atomic E-state index is 6.36. The van der Waals surface area contributed by atoms with E-state index in [9.17, 15) is 0 Å². The summed E-state index contributed by atoms with van der Waals surface area (Å²) in [6.07, 6.45) is 1.57. The fraction of sp³-hybridized carbons (Fsp3) is 0.571. The number of hydrogen-bond donors (Lipinski definition) is 1. The highest BCUT2D eigenvalue weighted by atomic mass is 35.5. The number of aryl methyl sites for hydroxylation is 4. The van der Waals surface area contributed by atoms with E-state index in [2.05, 4.69) is 30.1 Å². The summed E-state index contributed by atoms with van der Waals surface area (Å²) in [5, 5.41) is 9.58. The molecule has 0 aliphatic carbocycles. The van der Waals surface area contributed by atoms with E-state index in [4.69, 9.17) is 17.3 Å². The van der Waals surface area contributed by atoms with Gasteiger partial charge in [0.05, 0.1) is 33.8 Å². The van der Waals surface area contributed by atoms with Crippen molar-refractivity contribution >= 4 is 11.6 Å². The first kappa shape index (κ1) is 15.1. The number of halogens is 1. The van der Waals surface area contributed by atoms with Crippen LogP contribution in [-0.2, 0) is 26.4 Å². The normalized spacial score (nSPS) is 12.9. The number of nitrogens with two attached hydrogens (primary N) is 1. The highest BCUT2D eigenvalue weighted by Crippen LogP contribution is 2.25. The zero-order chi connectivity index (χ0) is 14.9. The van der Waals surface area contributed by atoms with Crippen molar-refractivity contribution in [3.8, 4) is 0 Å². The molecule has 0 spiro atoms. The Hall–Kier alpha value is -1.33. The first-order valence-corrected chi connectivity index (χ1v) is 7.35. The van der Waals surface area contributed by atoms with Crippen molar-refractivity contribution in [1.82, 2.24) is 19.6 Å². The zero-order valence-electron chi connectivity index (χ0n) is 12.5. The topological polar surface area (TPSA) is 61.7 Å². The van der Waals surface area contributed by atoms with Crippen molar-refractivity contribution in [2.45, 2.75) is 46.2 Å². The quantitative estimate of drug-likeness (QED) is 0.921. The summed E-state index contributed by atoms with van der Waals surface area (Å²) >= 11 is 6.29. The average Bonchev–Trinajstić information content (AvgIpc) is 2.95. The van der Waals surface area contributed by atoms with Crippen molar-refractivity contribution < 1.29 is 0 Å². The summed E-state index contributed by atoms with van der Waals surface area (Å²) < 4.78 is 3.78. The Morgan fingerprint density at radius 2 is 2.05 bits per heavy atom. The number of nitrogens with zero attached hydrogens (tertiary/aromatic N) is 4. The van der Waals surface area contributed by atoms with Gasteiger partial charge in [-0.05, 0) is 26.3 Å². The molecule has 2 rings (SSSR count). The van der Waals surface area contributed by atoms with Gasteiger partial charge >= 0.3 is 0 Å². The Morgan fingerprint density at radius 3 is 2.55 bits per heavy atom. The Balaban J connectivity index is 2.27. The van der Waals surface area contributed by atoms with Crippen molar-refractivity contribution in [3.05, 3.63) is 33.9 Å². The lowest BCUT2D eigenvalue weighted by Gasteiger charge is -2.13. The number of rotatable bonds is 5. The molecule has 0 radical (unpaired) electrons. The largest absolute Gasteiger partial charge is 0.322 e. The van der Waals surface area contributed by atoms with E-state index in [1.165, 1.54) is 0 Å². The molecule has 5 nitrogen and oxygen atoms in total. The summed E-state index contributed by atoms with van der Waals surface area (Å²) in [6.45, 7) is 6.90. The van der Waals surface area contributed by atoms with Crippen molar-refractivity contribution in [2.24, 2.45) is 12.8 Å². The Labute approximate surface area is 124 Å². The van der Waals surface area contributed by atoms with Gasteiger partial charge in [0.1, 0.15) is 0 Å². The minimum absolute atomic E-state index is 0.130. The fourth-order valence-electron chi connectivity index (χ4n) is 2.43. The molecule has 0 aliphatic heterocycles. The third-order valence-electron chi connectivity index (χ3n) is 3.58. The predicted octanol–water partition coefficient (Wildman–Crippen LogP) is 2.40. The molecule has 110 valence electrons. The standard InChI is InChI=1S/C14H22ClN5/c1-5-10-7-12(20(6-2)18-10)11(16)8-13-14(15)9(3)17-19(13)4/h7,11H,5-6,8,16H2,1-4H3. The van der Waals surface area contributed by atoms with E-state index in [1.807, 2.05) is 23.3 Å². The van der Waals surface area contributed by atoms with Gasteiger partial charge in [-0.3, -0.25) is 9.36 Å². The van der Waals surface area contributed by atoms with Gasteiger partial charge in [0.25, 0.3) is 0 Å². The second-order valence-electron chi connectivity index (χ2n) is 5.01. The molecule has 2 aromatic rings. The average molecular weight is 296 g/mol. The molecule has 0 amide bonds. The zero-order valence-corrected chi connectivity index (χ0v) is 13.3. The van der Waals surface area contributed by atoms with E-state index in [0.29, 0.717) is 11.4 Å². The van der Waals surface area contributed by atoms with Gasteiger partial charge < -0.3 is 5.73 Å². The summed E-state index contributed by atoms with van der Waals surface area (Å²) in [7, 11) is 1.90. The lowest BCUT2D eigenvalue weighted by Crippen LogP contribution is -2.19. The highest BCUT2D eigenvalue weighted by Gasteiger charge is 2.19. The summed E-state index contributed by atoms with van der Waals surface area (Å²) in [6, 6.07) is 1.96. The molecule has 2 heterocycles. The maximum Gasteiger partial charge on any atom is 0.0847 e. The molecule has 6 heteroatoms. The predicted molar refractivity (Wildman–Crippen MR) is 80.9 cm³/mol. The maximum absolute atomic E-state index is 6.36. The molecule has 2 aromatic heterocycles. The Morgan fingerprint density at radius 1 is 1.35 bits per heavy atom. The molecule has 0 aliphatic rings. The molecule has 1 unspecified atom stereocenters. The lowest BCUT2D eigenvalue weighted by molar-refractivity contribution is 0.552. The van der Waals surface area contributed by atoms with Gasteiger partial charge in [0.2, 0.25) is 0 Å². The van der Waals surface area contributed by atoms with Gasteiger partial charge in [-0.25, -0.2) is 0 Å². The van der Waals surface area contributed by atoms with Crippen LogP contribution in [0.5, 0.6) is 0 Å². The number of aromatic nitrogens is 4. The second-order valence-corrected chi connectivity index (χ2v) is 5.39. The molecule has 1 atom stereocenters. The Kier molecular flexibility index (Phi) is 4.50. The summed E-state index contributed by atoms with van der Waals surface area (Å²) in [4.78, 5) is 0. The smallest absolute Gasteiger partial charge is 0.0847 e. The molecule has 20 heavy (non-hydrogen) atoms. The van der Waals surface area contributed by atoms with Crippen molar-refractivity contribution in [3.63, 3.8) is 0 Å². The SMILES string of the molecule is CCc1cc(C(N)Cc2c(Cl)c(C)nn2C)n(CC)n1. The third kappa shape index (κ3) is 2.74. The molecule has 2 N–H and O–H groups in total. The van der Waals surface area contributed by atoms with Crippen LogP contribution >= 0.6 is 11.6 Å². The van der Waals surface area contributed by atoms with Crippen LogP contribution in [0.3, 0.4) is 0 Å². The van der Waals surface area contributed by atoms with Gasteiger partial charge in [-0.1, -0.05) is 18.5 Å². The monoisotopic (exact) mass is 295 g/mol. The molecule has 0 saturated carbocycles. The minimum atomic E-state index is -0.130. The van der Waals surface area contributed by atoms with Crippen LogP contribution in [0, 0.1) is 6.92 Å². The molecular formula is C14H22ClN5. The van der Waals surface area contributed by atoms with Crippen molar-refractivity contribution in [2.75, 3.05) is 0 Å². The minimum Gasteiger partial charge on any atom is -0.322 e. The third-order valence-corrected chi connectivity index (χ3v) is 4.07. The van der Waals surface area contributed by atoms with Crippen molar-refractivity contribution in [1.29, 1.82) is 0 Å². The van der Waals surface area contributed by atoms with E-state index >= 15 is 0 Å². The van der Waals surface area contributed by atoms with Gasteiger partial charge in [-0.2, -0.15) is 10.2 Å². The van der Waals surface area contributed by atoms with E-state index in [-0.39, 0.29) is 6.04 Å². The van der Waals surface area contributed by atoms with Gasteiger partial charge in [0.15, 0.2) is 0 Å². The molecular weight excluding hydrogens is 274 g/mol. The van der Waals surface area contributed by atoms with Gasteiger partial charge in [0, 0.05) is 20.0 Å². The van der Waals surface area contributed by atoms with E-state index in [1.54, 1.807) is 0 Å². The number of hydrogen-bond acceptors (Lipinski definition) is 3. The highest BCUT2D eigenvalue weighted by molar-refractivity contribution is 6.31. The Bertz CT molecular complexity index is 599. The first-order chi connectivity index (χ1) is 9.47. The van der Waals surface area contributed by atoms with Crippen LogP contribution in [0.25, 0.3) is 0 Å². The first-order valence-electron chi connectivity index (χ1n) is 6.98. The van der Waals surface area contributed by atoms with Crippen LogP contribution in [0.2, 0.25) is 5.02 Å². The lowest BCUT2D eigenvalue weighted by atomic mass is 10.1. The van der Waals surface area contributed by atoms with Gasteiger partial charge in [-0.15, -0.1) is 0 Å². The molecule has 0 fully saturated rings. The van der Waals surface area contributed by atoms with E-state index < -0.39 is 0 Å². The summed E-state index contributed by atoms with van der Waals surface area (Å²) in [5.41, 5.74) is 10.3. The van der Waals surface area contributed by atoms with Crippen LogP contribution in [0.1, 0.15) is 42.7 Å². The fourth-order valence-corrected chi connectivity index (χ4v) is 2.66. The molecule has 0 aromatic carbocycles. The van der Waals surface area contributed by atoms with Crippen LogP contribution < -0.4 is 5.73 Å². The van der Waals surface area contributed by atoms with Crippen LogP contribution in [0.15, 0.2) is 6.07 Å². The summed E-state index contributed by atoms with van der Waals surface area (Å²) in [5.74, 6) is 0.